The van der Waals surface area contributed by atoms with Crippen LogP contribution in [0.15, 0.2) is 41.5 Å². The number of hydrogen-bond acceptors (Lipinski definition) is 11. The minimum atomic E-state index is -2.55. The number of Topliss-reactive ketones (excluding diaryl/α,β-unsaturated/α-hetero) is 1. The fourth-order valence-corrected chi connectivity index (χ4v) is 7.79. The number of fused-ring (bicyclic) bond motifs is 5. The summed E-state index contributed by atoms with van der Waals surface area (Å²) in [5, 5.41) is 58.3. The topological polar surface area (TPSA) is 180 Å². The molecule has 11 nitrogen and oxygen atoms in total. The second-order valence-electron chi connectivity index (χ2n) is 12.3. The first kappa shape index (κ1) is 28.8. The Balaban J connectivity index is 1.85. The van der Waals surface area contributed by atoms with Crippen molar-refractivity contribution in [1.29, 1.82) is 0 Å². The van der Waals surface area contributed by atoms with Gasteiger partial charge >= 0.3 is 11.9 Å². The van der Waals surface area contributed by atoms with Gasteiger partial charge in [-0.25, -0.2) is 4.79 Å². The van der Waals surface area contributed by atoms with Gasteiger partial charge in [0.1, 0.15) is 36.1 Å². The third-order valence-electron chi connectivity index (χ3n) is 10.0. The first-order valence-corrected chi connectivity index (χ1v) is 13.3. The SMILES string of the molecule is CC(=O)O[C@@]12CO[C@@H]1CC(O)[C@@]1(C)C(=O)[C@H](O)C3=C(C)[C@@H](O)[C@H](O)[C@@](O)([C@@H](OC(=O)c4ccccc4)C12)C3(C)C. The number of carbonyl (C=O) groups is 3. The lowest BCUT2D eigenvalue weighted by molar-refractivity contribution is -0.352. The molecule has 11 heteroatoms. The lowest BCUT2D eigenvalue weighted by Gasteiger charge is -2.67. The summed E-state index contributed by atoms with van der Waals surface area (Å²) in [6, 6.07) is 7.83. The van der Waals surface area contributed by atoms with Gasteiger partial charge in [-0.05, 0) is 37.1 Å². The lowest BCUT2D eigenvalue weighted by atomic mass is 9.44. The predicted octanol–water partition coefficient (Wildman–Crippen LogP) is 0.0526. The normalized spacial score (nSPS) is 43.9. The highest BCUT2D eigenvalue weighted by molar-refractivity contribution is 5.94. The smallest absolute Gasteiger partial charge is 0.338 e. The summed E-state index contributed by atoms with van der Waals surface area (Å²) in [6.07, 6.45) is -10.1. The molecule has 2 unspecified atom stereocenters. The summed E-state index contributed by atoms with van der Waals surface area (Å²) >= 11 is 0. The molecule has 1 heterocycles. The van der Waals surface area contributed by atoms with E-state index in [0.717, 1.165) is 6.92 Å². The summed E-state index contributed by atoms with van der Waals surface area (Å²) in [4.78, 5) is 40.3. The molecule has 3 aliphatic carbocycles. The van der Waals surface area contributed by atoms with Crippen LogP contribution in [0.1, 0.15) is 51.4 Å². The Labute approximate surface area is 231 Å². The number of rotatable bonds is 3. The van der Waals surface area contributed by atoms with Crippen molar-refractivity contribution < 1.29 is 54.1 Å². The Kier molecular flexibility index (Phi) is 6.61. The summed E-state index contributed by atoms with van der Waals surface area (Å²) in [6.45, 7) is 6.63. The van der Waals surface area contributed by atoms with E-state index >= 15 is 0 Å². The molecule has 5 N–H and O–H groups in total. The Morgan fingerprint density at radius 3 is 2.23 bits per heavy atom. The summed E-state index contributed by atoms with van der Waals surface area (Å²) in [7, 11) is 0. The number of ketones is 1. The van der Waals surface area contributed by atoms with Gasteiger partial charge in [0.05, 0.1) is 29.6 Å². The first-order chi connectivity index (χ1) is 18.6. The number of carbonyl (C=O) groups excluding carboxylic acids is 3. The molecule has 218 valence electrons. The average molecular weight is 561 g/mol. The minimum absolute atomic E-state index is 0.0565. The number of aliphatic hydroxyl groups excluding tert-OH is 4. The van der Waals surface area contributed by atoms with Crippen molar-refractivity contribution in [1.82, 2.24) is 0 Å². The van der Waals surface area contributed by atoms with E-state index in [1.165, 1.54) is 39.8 Å². The number of benzene rings is 1. The Morgan fingerprint density at radius 1 is 1.05 bits per heavy atom. The molecule has 1 aliphatic heterocycles. The van der Waals surface area contributed by atoms with Crippen molar-refractivity contribution in [3.63, 3.8) is 0 Å². The molecule has 0 aromatic heterocycles. The highest BCUT2D eigenvalue weighted by Crippen LogP contribution is 2.63. The molecule has 5 rings (SSSR count). The number of ether oxygens (including phenoxy) is 3. The van der Waals surface area contributed by atoms with Gasteiger partial charge in [0, 0.05) is 18.8 Å². The molecule has 10 atom stereocenters. The van der Waals surface area contributed by atoms with Crippen molar-refractivity contribution in [2.24, 2.45) is 16.7 Å². The van der Waals surface area contributed by atoms with E-state index in [0.29, 0.717) is 0 Å². The monoisotopic (exact) mass is 560 g/mol. The van der Waals surface area contributed by atoms with Crippen LogP contribution in [0.25, 0.3) is 0 Å². The third kappa shape index (κ3) is 3.48. The third-order valence-corrected chi connectivity index (χ3v) is 10.0. The molecule has 1 saturated heterocycles. The van der Waals surface area contributed by atoms with E-state index in [1.807, 2.05) is 0 Å². The zero-order chi connectivity index (χ0) is 29.6. The van der Waals surface area contributed by atoms with E-state index in [1.54, 1.807) is 18.2 Å². The summed E-state index contributed by atoms with van der Waals surface area (Å²) in [5.41, 5.74) is -7.76. The Bertz CT molecular complexity index is 1270. The zero-order valence-corrected chi connectivity index (χ0v) is 23.0. The molecule has 0 spiro atoms. The molecular formula is C29H36O11. The van der Waals surface area contributed by atoms with E-state index in [9.17, 15) is 39.9 Å². The standard InChI is InChI=1S/C29H36O11/c1-13-18-20(33)22(34)27(5)16(31)11-17-28(12-38-17,40-14(2)30)21(27)24(39-25(36)15-9-7-6-8-10-15)29(37,26(18,3)4)23(35)19(13)32/h6-10,16-17,19-21,23-24,31-33,35,37H,11-12H2,1-5H3/t16?,17-,19-,20-,21?,23+,24+,27-,28+,29-/m1/s1. The molecule has 0 amide bonds. The minimum Gasteiger partial charge on any atom is -0.455 e. The molecule has 0 radical (unpaired) electrons. The quantitative estimate of drug-likeness (QED) is 0.249. The van der Waals surface area contributed by atoms with Gasteiger partial charge in [0.2, 0.25) is 0 Å². The van der Waals surface area contributed by atoms with E-state index in [4.69, 9.17) is 14.2 Å². The predicted molar refractivity (Wildman–Crippen MR) is 137 cm³/mol. The van der Waals surface area contributed by atoms with E-state index in [2.05, 4.69) is 0 Å². The van der Waals surface area contributed by atoms with Crippen molar-refractivity contribution in [2.45, 2.75) is 88.9 Å². The van der Waals surface area contributed by atoms with Crippen molar-refractivity contribution >= 4 is 17.7 Å². The van der Waals surface area contributed by atoms with Crippen molar-refractivity contribution in [3.8, 4) is 0 Å². The lowest BCUT2D eigenvalue weighted by Crippen LogP contribution is -2.83. The molecule has 1 aromatic rings. The largest absolute Gasteiger partial charge is 0.455 e. The second-order valence-corrected chi connectivity index (χ2v) is 12.3. The highest BCUT2D eigenvalue weighted by atomic mass is 16.6. The van der Waals surface area contributed by atoms with Crippen LogP contribution >= 0.6 is 0 Å². The molecule has 2 saturated carbocycles. The maximum atomic E-state index is 14.3. The highest BCUT2D eigenvalue weighted by Gasteiger charge is 2.79. The molecule has 3 fully saturated rings. The maximum Gasteiger partial charge on any atom is 0.338 e. The summed E-state index contributed by atoms with van der Waals surface area (Å²) in [5.74, 6) is -4.04. The fraction of sp³-hybridized carbons (Fsp3) is 0.621. The first-order valence-electron chi connectivity index (χ1n) is 13.3. The molecule has 40 heavy (non-hydrogen) atoms. The van der Waals surface area contributed by atoms with Crippen molar-refractivity contribution in [3.05, 3.63) is 47.0 Å². The maximum absolute atomic E-state index is 14.3. The van der Waals surface area contributed by atoms with Crippen LogP contribution in [0.4, 0.5) is 0 Å². The molecule has 4 aliphatic rings. The fourth-order valence-electron chi connectivity index (χ4n) is 7.79. The van der Waals surface area contributed by atoms with Gasteiger partial charge in [-0.1, -0.05) is 32.0 Å². The van der Waals surface area contributed by atoms with Crippen LogP contribution in [0.5, 0.6) is 0 Å². The number of esters is 2. The van der Waals surface area contributed by atoms with Crippen LogP contribution in [-0.2, 0) is 23.8 Å². The van der Waals surface area contributed by atoms with E-state index < -0.39 is 82.3 Å². The zero-order valence-electron chi connectivity index (χ0n) is 23.0. The van der Waals surface area contributed by atoms with Gasteiger partial charge in [-0.2, -0.15) is 0 Å². The summed E-state index contributed by atoms with van der Waals surface area (Å²) < 4.78 is 17.5. The van der Waals surface area contributed by atoms with Gasteiger partial charge in [0.15, 0.2) is 11.4 Å². The number of aliphatic hydroxyl groups is 5. The second kappa shape index (κ2) is 9.17. The Morgan fingerprint density at radius 2 is 1.68 bits per heavy atom. The van der Waals surface area contributed by atoms with Gasteiger partial charge in [-0.15, -0.1) is 0 Å². The van der Waals surface area contributed by atoms with Gasteiger partial charge in [-0.3, -0.25) is 9.59 Å². The average Bonchev–Trinajstić information content (AvgIpc) is 2.90. The van der Waals surface area contributed by atoms with Crippen LogP contribution < -0.4 is 0 Å². The van der Waals surface area contributed by atoms with Crippen molar-refractivity contribution in [2.75, 3.05) is 6.61 Å². The van der Waals surface area contributed by atoms with Gasteiger partial charge < -0.3 is 39.7 Å². The van der Waals surface area contributed by atoms with Crippen LogP contribution in [0.2, 0.25) is 0 Å². The van der Waals surface area contributed by atoms with E-state index in [-0.39, 0.29) is 29.7 Å². The Hall–Kier alpha value is -2.67. The van der Waals surface area contributed by atoms with Gasteiger partial charge in [0.25, 0.3) is 0 Å². The van der Waals surface area contributed by atoms with Crippen LogP contribution in [-0.4, -0.2) is 97.7 Å². The van der Waals surface area contributed by atoms with Crippen LogP contribution in [0, 0.1) is 16.7 Å². The molecule has 2 bridgehead atoms. The number of hydrogen-bond donors (Lipinski definition) is 5. The van der Waals surface area contributed by atoms with Crippen LogP contribution in [0.3, 0.4) is 0 Å². The molecule has 1 aromatic carbocycles. The molecular weight excluding hydrogens is 524 g/mol.